The van der Waals surface area contributed by atoms with Gasteiger partial charge in [-0.05, 0) is 37.9 Å². The van der Waals surface area contributed by atoms with Gasteiger partial charge in [0.15, 0.2) is 0 Å². The van der Waals surface area contributed by atoms with Crippen LogP contribution in [0.3, 0.4) is 0 Å². The van der Waals surface area contributed by atoms with Crippen molar-refractivity contribution in [1.82, 2.24) is 5.32 Å². The van der Waals surface area contributed by atoms with Crippen molar-refractivity contribution in [3.63, 3.8) is 0 Å². The molecule has 1 rings (SSSR count). The minimum atomic E-state index is -0.891. The Morgan fingerprint density at radius 3 is 2.80 bits per heavy atom. The van der Waals surface area contributed by atoms with Gasteiger partial charge in [0.25, 0.3) is 0 Å². The first-order valence-corrected chi connectivity index (χ1v) is 6.48. The van der Waals surface area contributed by atoms with Gasteiger partial charge < -0.3 is 5.11 Å². The van der Waals surface area contributed by atoms with Crippen LogP contribution in [0.25, 0.3) is 0 Å². The zero-order chi connectivity index (χ0) is 11.4. The van der Waals surface area contributed by atoms with Crippen LogP contribution in [0, 0.1) is 0 Å². The molecule has 0 radical (unpaired) electrons. The lowest BCUT2D eigenvalue weighted by Crippen LogP contribution is -2.27. The summed E-state index contributed by atoms with van der Waals surface area (Å²) < 4.78 is 1.76. The van der Waals surface area contributed by atoms with Crippen molar-refractivity contribution in [3.05, 3.63) is 31.9 Å². The first kappa shape index (κ1) is 12.9. The molecule has 1 atom stereocenters. The number of thiophene rings is 1. The van der Waals surface area contributed by atoms with Gasteiger partial charge in [0.1, 0.15) is 6.04 Å². The quantitative estimate of drug-likeness (QED) is 0.798. The topological polar surface area (TPSA) is 49.3 Å². The molecule has 0 spiro atoms. The van der Waals surface area contributed by atoms with Gasteiger partial charge in [0, 0.05) is 15.9 Å². The highest BCUT2D eigenvalue weighted by Gasteiger charge is 2.21. The lowest BCUT2D eigenvalue weighted by atomic mass is 10.2. The van der Waals surface area contributed by atoms with E-state index in [1.54, 1.807) is 12.1 Å². The molecular weight excluding hydrogens is 346 g/mol. The van der Waals surface area contributed by atoms with Gasteiger partial charge in [-0.1, -0.05) is 6.08 Å². The Labute approximate surface area is 108 Å². The van der Waals surface area contributed by atoms with E-state index in [4.69, 9.17) is 5.11 Å². The number of aliphatic carboxylic acids is 1. The van der Waals surface area contributed by atoms with Crippen LogP contribution in [0.5, 0.6) is 0 Å². The molecule has 0 saturated carbocycles. The predicted molar refractivity (Wildman–Crippen MR) is 68.3 cm³/mol. The Morgan fingerprint density at radius 1 is 1.73 bits per heavy atom. The van der Waals surface area contributed by atoms with Crippen LogP contribution in [0.1, 0.15) is 10.9 Å². The smallest absolute Gasteiger partial charge is 0.326 e. The van der Waals surface area contributed by atoms with Crippen molar-refractivity contribution >= 4 is 49.2 Å². The first-order valence-electron chi connectivity index (χ1n) is 4.08. The third-order valence-corrected chi connectivity index (χ3v) is 4.98. The summed E-state index contributed by atoms with van der Waals surface area (Å²) >= 11 is 8.05. The summed E-state index contributed by atoms with van der Waals surface area (Å²) in [6.07, 6.45) is 1.63. The standard InChI is InChI=1S/C9H9Br2NO2S/c1-2-3-12-7(9(13)14)6-4-5(10)8(11)15-6/h2,4,7,12H,1,3H2,(H,13,14). The predicted octanol–water partition coefficient (Wildman–Crippen LogP) is 3.17. The Hall–Kier alpha value is -0.170. The van der Waals surface area contributed by atoms with Crippen LogP contribution in [0.2, 0.25) is 0 Å². The second-order valence-corrected chi connectivity index (χ2v) is 5.99. The molecule has 0 aromatic carbocycles. The van der Waals surface area contributed by atoms with E-state index in [2.05, 4.69) is 43.8 Å². The highest BCUT2D eigenvalue weighted by atomic mass is 79.9. The Bertz CT molecular complexity index is 359. The summed E-state index contributed by atoms with van der Waals surface area (Å²) in [6.45, 7) is 4.00. The Balaban J connectivity index is 2.88. The number of hydrogen-bond donors (Lipinski definition) is 2. The summed E-state index contributed by atoms with van der Waals surface area (Å²) in [7, 11) is 0. The maximum atomic E-state index is 11.0. The van der Waals surface area contributed by atoms with Crippen LogP contribution in [0.4, 0.5) is 0 Å². The van der Waals surface area contributed by atoms with E-state index in [0.29, 0.717) is 6.54 Å². The van der Waals surface area contributed by atoms with E-state index in [0.717, 1.165) is 13.1 Å². The van der Waals surface area contributed by atoms with Crippen molar-refractivity contribution < 1.29 is 9.90 Å². The molecule has 1 heterocycles. The second kappa shape index (κ2) is 5.79. The van der Waals surface area contributed by atoms with Gasteiger partial charge in [0.05, 0.1) is 3.79 Å². The summed E-state index contributed by atoms with van der Waals surface area (Å²) in [4.78, 5) is 11.8. The van der Waals surface area contributed by atoms with Crippen molar-refractivity contribution in [3.8, 4) is 0 Å². The highest BCUT2D eigenvalue weighted by molar-refractivity contribution is 9.13. The normalized spacial score (nSPS) is 12.4. The zero-order valence-corrected chi connectivity index (χ0v) is 11.7. The highest BCUT2D eigenvalue weighted by Crippen LogP contribution is 2.35. The third-order valence-electron chi connectivity index (χ3n) is 1.66. The number of hydrogen-bond acceptors (Lipinski definition) is 3. The molecule has 0 aliphatic carbocycles. The maximum Gasteiger partial charge on any atom is 0.326 e. The lowest BCUT2D eigenvalue weighted by molar-refractivity contribution is -0.139. The number of carboxylic acid groups (broad SMARTS) is 1. The molecule has 15 heavy (non-hydrogen) atoms. The molecule has 0 saturated heterocycles. The molecule has 3 nitrogen and oxygen atoms in total. The SMILES string of the molecule is C=CCNC(C(=O)O)c1cc(Br)c(Br)s1. The van der Waals surface area contributed by atoms with Gasteiger partial charge in [-0.3, -0.25) is 10.1 Å². The van der Waals surface area contributed by atoms with E-state index in [1.807, 2.05) is 0 Å². The molecule has 82 valence electrons. The molecule has 1 unspecified atom stereocenters. The van der Waals surface area contributed by atoms with Crippen molar-refractivity contribution in [2.75, 3.05) is 6.54 Å². The van der Waals surface area contributed by atoms with Crippen molar-refractivity contribution in [2.45, 2.75) is 6.04 Å². The molecule has 0 fully saturated rings. The average molecular weight is 355 g/mol. The van der Waals surface area contributed by atoms with Crippen LogP contribution < -0.4 is 5.32 Å². The molecule has 1 aromatic rings. The largest absolute Gasteiger partial charge is 0.480 e. The van der Waals surface area contributed by atoms with E-state index in [-0.39, 0.29) is 0 Å². The summed E-state index contributed by atoms with van der Waals surface area (Å²) in [5.74, 6) is -0.891. The fraction of sp³-hybridized carbons (Fsp3) is 0.222. The Kier molecular flexibility index (Phi) is 4.98. The van der Waals surface area contributed by atoms with Gasteiger partial charge in [-0.25, -0.2) is 0 Å². The second-order valence-electron chi connectivity index (χ2n) is 2.74. The van der Waals surface area contributed by atoms with E-state index in [1.165, 1.54) is 11.3 Å². The van der Waals surface area contributed by atoms with Gasteiger partial charge in [0.2, 0.25) is 0 Å². The molecule has 2 N–H and O–H groups in total. The molecule has 6 heteroatoms. The van der Waals surface area contributed by atoms with Crippen LogP contribution in [0.15, 0.2) is 27.0 Å². The number of rotatable bonds is 5. The Morgan fingerprint density at radius 2 is 2.40 bits per heavy atom. The molecule has 1 aromatic heterocycles. The summed E-state index contributed by atoms with van der Waals surface area (Å²) in [6, 6.07) is 1.11. The van der Waals surface area contributed by atoms with E-state index < -0.39 is 12.0 Å². The molecule has 0 aliphatic heterocycles. The average Bonchev–Trinajstić information content (AvgIpc) is 2.47. The molecule has 0 amide bonds. The molecule has 0 bridgehead atoms. The van der Waals surface area contributed by atoms with Gasteiger partial charge in [-0.15, -0.1) is 17.9 Å². The number of carboxylic acids is 1. The van der Waals surface area contributed by atoms with Crippen molar-refractivity contribution in [2.24, 2.45) is 0 Å². The van der Waals surface area contributed by atoms with Crippen molar-refractivity contribution in [1.29, 1.82) is 0 Å². The van der Waals surface area contributed by atoms with Crippen LogP contribution in [-0.2, 0) is 4.79 Å². The number of carbonyl (C=O) groups is 1. The lowest BCUT2D eigenvalue weighted by Gasteiger charge is -2.10. The van der Waals surface area contributed by atoms with Crippen LogP contribution >= 0.6 is 43.2 Å². The van der Waals surface area contributed by atoms with Gasteiger partial charge in [-0.2, -0.15) is 0 Å². The van der Waals surface area contributed by atoms with Gasteiger partial charge >= 0.3 is 5.97 Å². The zero-order valence-electron chi connectivity index (χ0n) is 7.67. The number of halogens is 2. The van der Waals surface area contributed by atoms with E-state index in [9.17, 15) is 4.79 Å². The fourth-order valence-electron chi connectivity index (χ4n) is 1.02. The maximum absolute atomic E-state index is 11.0. The molecule has 0 aliphatic rings. The first-order chi connectivity index (χ1) is 7.06. The fourth-order valence-corrected chi connectivity index (χ4v) is 3.17. The number of nitrogens with one attached hydrogen (secondary N) is 1. The van der Waals surface area contributed by atoms with Crippen LogP contribution in [-0.4, -0.2) is 17.6 Å². The molecular formula is C9H9Br2NO2S. The monoisotopic (exact) mass is 353 g/mol. The minimum absolute atomic E-state index is 0.462. The minimum Gasteiger partial charge on any atom is -0.480 e. The summed E-state index contributed by atoms with van der Waals surface area (Å²) in [5.41, 5.74) is 0. The van der Waals surface area contributed by atoms with E-state index >= 15 is 0 Å². The third kappa shape index (κ3) is 3.41. The summed E-state index contributed by atoms with van der Waals surface area (Å²) in [5, 5.41) is 11.9.